The van der Waals surface area contributed by atoms with Crippen LogP contribution in [0.25, 0.3) is 0 Å². The summed E-state index contributed by atoms with van der Waals surface area (Å²) < 4.78 is 0. The van der Waals surface area contributed by atoms with Crippen molar-refractivity contribution < 1.29 is 0 Å². The summed E-state index contributed by atoms with van der Waals surface area (Å²) in [4.78, 5) is 0. The van der Waals surface area contributed by atoms with Crippen LogP contribution in [0.3, 0.4) is 0 Å². The number of allylic oxidation sites excluding steroid dienone is 4. The molecule has 0 bridgehead atoms. The molecular formula is C23H40. The van der Waals surface area contributed by atoms with Crippen LogP contribution < -0.4 is 0 Å². The van der Waals surface area contributed by atoms with Crippen molar-refractivity contribution in [3.63, 3.8) is 0 Å². The first-order valence-corrected chi connectivity index (χ1v) is 10.6. The van der Waals surface area contributed by atoms with Crippen molar-refractivity contribution in [1.82, 2.24) is 0 Å². The molecule has 0 radical (unpaired) electrons. The van der Waals surface area contributed by atoms with E-state index in [-0.39, 0.29) is 0 Å². The molecule has 2 saturated carbocycles. The molecule has 0 aromatic carbocycles. The van der Waals surface area contributed by atoms with Crippen molar-refractivity contribution in [2.75, 3.05) is 0 Å². The second-order valence-electron chi connectivity index (χ2n) is 8.19. The van der Waals surface area contributed by atoms with E-state index in [0.717, 1.165) is 23.7 Å². The van der Waals surface area contributed by atoms with Crippen LogP contribution in [-0.2, 0) is 0 Å². The predicted molar refractivity (Wildman–Crippen MR) is 104 cm³/mol. The Hall–Kier alpha value is -0.520. The molecule has 0 N–H and O–H groups in total. The van der Waals surface area contributed by atoms with Crippen molar-refractivity contribution in [1.29, 1.82) is 0 Å². The number of hydrogen-bond donors (Lipinski definition) is 0. The molecule has 2 fully saturated rings. The first-order chi connectivity index (χ1) is 11.3. The molecule has 0 unspecified atom stereocenters. The fourth-order valence-corrected chi connectivity index (χ4v) is 4.70. The Labute approximate surface area is 145 Å². The average molecular weight is 317 g/mol. The fourth-order valence-electron chi connectivity index (χ4n) is 4.70. The van der Waals surface area contributed by atoms with Crippen molar-refractivity contribution in [3.05, 3.63) is 24.3 Å². The summed E-state index contributed by atoms with van der Waals surface area (Å²) >= 11 is 0. The fraction of sp³-hybridized carbons (Fsp3) is 0.826. The topological polar surface area (TPSA) is 0 Å². The van der Waals surface area contributed by atoms with Crippen molar-refractivity contribution in [2.24, 2.45) is 23.7 Å². The molecule has 2 aliphatic rings. The van der Waals surface area contributed by atoms with Gasteiger partial charge < -0.3 is 0 Å². The van der Waals surface area contributed by atoms with E-state index in [4.69, 9.17) is 0 Å². The van der Waals surface area contributed by atoms with Gasteiger partial charge in [-0.15, -0.1) is 0 Å². The lowest BCUT2D eigenvalue weighted by molar-refractivity contribution is 0.253. The van der Waals surface area contributed by atoms with Crippen LogP contribution in [0.15, 0.2) is 24.3 Å². The quantitative estimate of drug-likeness (QED) is 0.402. The van der Waals surface area contributed by atoms with Gasteiger partial charge in [0, 0.05) is 0 Å². The molecule has 0 heterocycles. The molecule has 23 heavy (non-hydrogen) atoms. The minimum atomic E-state index is 0.873. The normalized spacial score (nSPS) is 32.8. The van der Waals surface area contributed by atoms with Crippen LogP contribution in [0.2, 0.25) is 0 Å². The van der Waals surface area contributed by atoms with Gasteiger partial charge in [0.05, 0.1) is 0 Å². The van der Waals surface area contributed by atoms with E-state index in [1.165, 1.54) is 83.5 Å². The van der Waals surface area contributed by atoms with E-state index in [1.54, 1.807) is 0 Å². The van der Waals surface area contributed by atoms with Gasteiger partial charge >= 0.3 is 0 Å². The van der Waals surface area contributed by atoms with Crippen molar-refractivity contribution in [2.45, 2.75) is 97.3 Å². The average Bonchev–Trinajstić information content (AvgIpc) is 2.59. The molecular weight excluding hydrogens is 276 g/mol. The SMILES string of the molecule is CC/C=C/[C@H]1CC[C@H](/C=C/CC[C@H]2CC[C@H](CCC)CC2)CC1. The zero-order valence-corrected chi connectivity index (χ0v) is 15.8. The Bertz CT molecular complexity index is 335. The smallest absolute Gasteiger partial charge is 0.0233 e. The highest BCUT2D eigenvalue weighted by molar-refractivity contribution is 4.96. The summed E-state index contributed by atoms with van der Waals surface area (Å²) in [6.07, 6.45) is 28.4. The molecule has 2 rings (SSSR count). The van der Waals surface area contributed by atoms with Gasteiger partial charge in [-0.1, -0.05) is 76.7 Å². The lowest BCUT2D eigenvalue weighted by atomic mass is 9.78. The molecule has 0 aromatic rings. The first kappa shape index (κ1) is 18.8. The third kappa shape index (κ3) is 7.27. The summed E-state index contributed by atoms with van der Waals surface area (Å²) in [5.74, 6) is 3.84. The summed E-state index contributed by atoms with van der Waals surface area (Å²) in [5.41, 5.74) is 0. The minimum absolute atomic E-state index is 0.873. The highest BCUT2D eigenvalue weighted by Gasteiger charge is 2.20. The van der Waals surface area contributed by atoms with E-state index >= 15 is 0 Å². The van der Waals surface area contributed by atoms with Crippen molar-refractivity contribution >= 4 is 0 Å². The molecule has 0 saturated heterocycles. The maximum absolute atomic E-state index is 2.56. The summed E-state index contributed by atoms with van der Waals surface area (Å²) in [7, 11) is 0. The first-order valence-electron chi connectivity index (χ1n) is 10.6. The third-order valence-electron chi connectivity index (χ3n) is 6.27. The zero-order chi connectivity index (χ0) is 16.3. The monoisotopic (exact) mass is 316 g/mol. The molecule has 0 aliphatic heterocycles. The lowest BCUT2D eigenvalue weighted by Gasteiger charge is -2.28. The Balaban J connectivity index is 1.55. The number of hydrogen-bond acceptors (Lipinski definition) is 0. The molecule has 0 nitrogen and oxygen atoms in total. The van der Waals surface area contributed by atoms with Gasteiger partial charge in [0.1, 0.15) is 0 Å². The van der Waals surface area contributed by atoms with Crippen LogP contribution in [0.1, 0.15) is 97.3 Å². The standard InChI is InChI=1S/C23H40/c1-3-5-9-21-16-18-23(19-17-21)11-7-6-10-22-14-12-20(8-4-2)13-15-22/h5,7,9,11,20-23H,3-4,6,8,10,12-19H2,1-2H3/b9-5+,11-7+/t20-,21-,22-,23-. The van der Waals surface area contributed by atoms with Gasteiger partial charge in [0.25, 0.3) is 0 Å². The van der Waals surface area contributed by atoms with E-state index in [9.17, 15) is 0 Å². The third-order valence-corrected chi connectivity index (χ3v) is 6.27. The van der Waals surface area contributed by atoms with E-state index in [0.29, 0.717) is 0 Å². The summed E-state index contributed by atoms with van der Waals surface area (Å²) in [6, 6.07) is 0. The Morgan fingerprint density at radius 2 is 1.17 bits per heavy atom. The van der Waals surface area contributed by atoms with Gasteiger partial charge in [0.2, 0.25) is 0 Å². The Kier molecular flexibility index (Phi) is 9.09. The van der Waals surface area contributed by atoms with Crippen LogP contribution in [-0.4, -0.2) is 0 Å². The lowest BCUT2D eigenvalue weighted by Crippen LogP contribution is -2.14. The highest BCUT2D eigenvalue weighted by atomic mass is 14.3. The van der Waals surface area contributed by atoms with Gasteiger partial charge in [0.15, 0.2) is 0 Å². The van der Waals surface area contributed by atoms with Gasteiger partial charge in [-0.3, -0.25) is 0 Å². The van der Waals surface area contributed by atoms with Gasteiger partial charge in [-0.25, -0.2) is 0 Å². The Morgan fingerprint density at radius 3 is 1.70 bits per heavy atom. The molecule has 0 atom stereocenters. The maximum atomic E-state index is 2.56. The van der Waals surface area contributed by atoms with Gasteiger partial charge in [-0.05, 0) is 68.6 Å². The maximum Gasteiger partial charge on any atom is -0.0233 e. The molecule has 0 aromatic heterocycles. The van der Waals surface area contributed by atoms with Crippen LogP contribution in [0.4, 0.5) is 0 Å². The molecule has 132 valence electrons. The molecule has 0 amide bonds. The Morgan fingerprint density at radius 1 is 0.652 bits per heavy atom. The van der Waals surface area contributed by atoms with Crippen LogP contribution >= 0.6 is 0 Å². The second kappa shape index (κ2) is 11.1. The summed E-state index contributed by atoms with van der Waals surface area (Å²) in [5, 5.41) is 0. The van der Waals surface area contributed by atoms with E-state index in [2.05, 4.69) is 38.2 Å². The van der Waals surface area contributed by atoms with Gasteiger partial charge in [-0.2, -0.15) is 0 Å². The summed E-state index contributed by atoms with van der Waals surface area (Å²) in [6.45, 7) is 4.57. The molecule has 0 heteroatoms. The highest BCUT2D eigenvalue weighted by Crippen LogP contribution is 2.34. The molecule has 2 aliphatic carbocycles. The van der Waals surface area contributed by atoms with Crippen molar-refractivity contribution in [3.8, 4) is 0 Å². The zero-order valence-electron chi connectivity index (χ0n) is 15.8. The molecule has 0 spiro atoms. The van der Waals surface area contributed by atoms with Crippen LogP contribution in [0.5, 0.6) is 0 Å². The predicted octanol–water partition coefficient (Wildman–Crippen LogP) is 7.70. The van der Waals surface area contributed by atoms with E-state index < -0.39 is 0 Å². The van der Waals surface area contributed by atoms with E-state index in [1.807, 2.05) is 0 Å². The minimum Gasteiger partial charge on any atom is -0.0885 e. The second-order valence-corrected chi connectivity index (χ2v) is 8.19. The van der Waals surface area contributed by atoms with Crippen LogP contribution in [0, 0.1) is 23.7 Å². The number of rotatable bonds is 8. The largest absolute Gasteiger partial charge is 0.0885 e.